The fourth-order valence-electron chi connectivity index (χ4n) is 3.13. The molecule has 1 N–H and O–H groups in total. The van der Waals surface area contributed by atoms with E-state index in [1.54, 1.807) is 0 Å². The molecule has 0 unspecified atom stereocenters. The maximum absolute atomic E-state index is 12.1. The van der Waals surface area contributed by atoms with Crippen molar-refractivity contribution in [1.29, 1.82) is 0 Å². The van der Waals surface area contributed by atoms with Gasteiger partial charge in [0.1, 0.15) is 11.8 Å². The van der Waals surface area contributed by atoms with Gasteiger partial charge in [0.05, 0.1) is 0 Å². The summed E-state index contributed by atoms with van der Waals surface area (Å²) in [5.74, 6) is -0.766. The summed E-state index contributed by atoms with van der Waals surface area (Å²) in [5, 5.41) is 9.04. The molecule has 0 aromatic heterocycles. The average molecular weight is 267 g/mol. The lowest BCUT2D eigenvalue weighted by molar-refractivity contribution is -0.146. The minimum atomic E-state index is -0.962. The SMILES string of the molecule is O=C(CCN1C(=O)CC[C@@H]1C(=O)O)C1CCCCC1. The summed E-state index contributed by atoms with van der Waals surface area (Å²) in [6.45, 7) is 0.269. The van der Waals surface area contributed by atoms with E-state index >= 15 is 0 Å². The minimum absolute atomic E-state index is 0.134. The fraction of sp³-hybridized carbons (Fsp3) is 0.786. The summed E-state index contributed by atoms with van der Waals surface area (Å²) in [7, 11) is 0. The molecular weight excluding hydrogens is 246 g/mol. The first-order chi connectivity index (χ1) is 9.09. The maximum atomic E-state index is 12.1. The molecule has 106 valence electrons. The summed E-state index contributed by atoms with van der Waals surface area (Å²) in [4.78, 5) is 36.1. The minimum Gasteiger partial charge on any atom is -0.480 e. The van der Waals surface area contributed by atoms with Crippen molar-refractivity contribution in [2.24, 2.45) is 5.92 Å². The zero-order valence-electron chi connectivity index (χ0n) is 11.1. The first-order valence-electron chi connectivity index (χ1n) is 7.14. The molecule has 5 heteroatoms. The summed E-state index contributed by atoms with van der Waals surface area (Å²) in [6, 6.07) is -0.730. The van der Waals surface area contributed by atoms with Crippen LogP contribution in [-0.2, 0) is 14.4 Å². The van der Waals surface area contributed by atoms with Gasteiger partial charge in [0.25, 0.3) is 0 Å². The van der Waals surface area contributed by atoms with E-state index < -0.39 is 12.0 Å². The second-order valence-electron chi connectivity index (χ2n) is 5.53. The molecule has 0 radical (unpaired) electrons. The smallest absolute Gasteiger partial charge is 0.326 e. The number of aliphatic carboxylic acids is 1. The molecule has 1 saturated carbocycles. The zero-order valence-corrected chi connectivity index (χ0v) is 11.1. The van der Waals surface area contributed by atoms with Gasteiger partial charge >= 0.3 is 5.97 Å². The third-order valence-electron chi connectivity index (χ3n) is 4.27. The van der Waals surface area contributed by atoms with Crippen LogP contribution in [-0.4, -0.2) is 40.3 Å². The van der Waals surface area contributed by atoms with Crippen LogP contribution in [0.4, 0.5) is 0 Å². The molecule has 5 nitrogen and oxygen atoms in total. The van der Waals surface area contributed by atoms with Gasteiger partial charge in [-0.25, -0.2) is 4.79 Å². The maximum Gasteiger partial charge on any atom is 0.326 e. The number of carbonyl (C=O) groups is 3. The number of Topliss-reactive ketones (excluding diaryl/α,β-unsaturated/α-hetero) is 1. The standard InChI is InChI=1S/C14H21NO4/c16-12(10-4-2-1-3-5-10)8-9-15-11(14(18)19)6-7-13(15)17/h10-11H,1-9H2,(H,18,19)/t11-/m1/s1. The third kappa shape index (κ3) is 3.33. The van der Waals surface area contributed by atoms with Gasteiger partial charge in [-0.2, -0.15) is 0 Å². The molecule has 2 fully saturated rings. The third-order valence-corrected chi connectivity index (χ3v) is 4.27. The number of hydrogen-bond donors (Lipinski definition) is 1. The van der Waals surface area contributed by atoms with Gasteiger partial charge in [-0.05, 0) is 19.3 Å². The van der Waals surface area contributed by atoms with Crippen molar-refractivity contribution in [2.45, 2.75) is 57.4 Å². The van der Waals surface area contributed by atoms with Gasteiger partial charge in [0.2, 0.25) is 5.91 Å². The Morgan fingerprint density at radius 1 is 1.16 bits per heavy atom. The van der Waals surface area contributed by atoms with Crippen LogP contribution in [0.3, 0.4) is 0 Å². The normalized spacial score (nSPS) is 24.7. The summed E-state index contributed by atoms with van der Waals surface area (Å²) < 4.78 is 0. The van der Waals surface area contributed by atoms with E-state index in [1.165, 1.54) is 11.3 Å². The first-order valence-corrected chi connectivity index (χ1v) is 7.14. The molecule has 1 amide bonds. The molecule has 1 aliphatic heterocycles. The van der Waals surface area contributed by atoms with E-state index in [0.717, 1.165) is 25.7 Å². The Hall–Kier alpha value is -1.39. The Bertz CT molecular complexity index is 374. The van der Waals surface area contributed by atoms with E-state index in [4.69, 9.17) is 5.11 Å². The Kier molecular flexibility index (Phi) is 4.56. The first kappa shape index (κ1) is 14.0. The molecule has 0 aromatic rings. The molecule has 2 aliphatic rings. The lowest BCUT2D eigenvalue weighted by Gasteiger charge is -2.24. The predicted octanol–water partition coefficient (Wildman–Crippen LogP) is 1.60. The number of carboxylic acids is 1. The summed E-state index contributed by atoms with van der Waals surface area (Å²) >= 11 is 0. The van der Waals surface area contributed by atoms with Gasteiger partial charge < -0.3 is 10.0 Å². The van der Waals surface area contributed by atoms with Crippen molar-refractivity contribution >= 4 is 17.7 Å². The molecule has 0 spiro atoms. The lowest BCUT2D eigenvalue weighted by Crippen LogP contribution is -2.40. The van der Waals surface area contributed by atoms with Crippen molar-refractivity contribution in [2.75, 3.05) is 6.54 Å². The van der Waals surface area contributed by atoms with Gasteiger partial charge in [-0.3, -0.25) is 9.59 Å². The van der Waals surface area contributed by atoms with Crippen LogP contribution in [0.2, 0.25) is 0 Å². The second kappa shape index (κ2) is 6.17. The molecule has 0 aromatic carbocycles. The summed E-state index contributed by atoms with van der Waals surface area (Å²) in [6.07, 6.45) is 6.29. The monoisotopic (exact) mass is 267 g/mol. The quantitative estimate of drug-likeness (QED) is 0.821. The number of hydrogen-bond acceptors (Lipinski definition) is 3. The number of rotatable bonds is 5. The molecule has 2 rings (SSSR count). The van der Waals surface area contributed by atoms with Crippen LogP contribution in [0.5, 0.6) is 0 Å². The molecular formula is C14H21NO4. The second-order valence-corrected chi connectivity index (χ2v) is 5.53. The van der Waals surface area contributed by atoms with Crippen molar-refractivity contribution in [1.82, 2.24) is 4.90 Å². The highest BCUT2D eigenvalue weighted by atomic mass is 16.4. The van der Waals surface area contributed by atoms with Crippen LogP contribution in [0.25, 0.3) is 0 Å². The van der Waals surface area contributed by atoms with Gasteiger partial charge in [0, 0.05) is 25.3 Å². The van der Waals surface area contributed by atoms with E-state index in [2.05, 4.69) is 0 Å². The van der Waals surface area contributed by atoms with Gasteiger partial charge in [-0.15, -0.1) is 0 Å². The largest absolute Gasteiger partial charge is 0.480 e. The highest BCUT2D eigenvalue weighted by Gasteiger charge is 2.36. The Morgan fingerprint density at radius 2 is 1.84 bits per heavy atom. The van der Waals surface area contributed by atoms with Gasteiger partial charge in [-0.1, -0.05) is 19.3 Å². The average Bonchev–Trinajstić information content (AvgIpc) is 2.78. The van der Waals surface area contributed by atoms with Crippen molar-refractivity contribution < 1.29 is 19.5 Å². The van der Waals surface area contributed by atoms with E-state index in [9.17, 15) is 14.4 Å². The summed E-state index contributed by atoms with van der Waals surface area (Å²) in [5.41, 5.74) is 0. The predicted molar refractivity (Wildman–Crippen MR) is 68.6 cm³/mol. The molecule has 0 bridgehead atoms. The van der Waals surface area contributed by atoms with Crippen LogP contribution < -0.4 is 0 Å². The topological polar surface area (TPSA) is 74.7 Å². The number of ketones is 1. The van der Waals surface area contributed by atoms with E-state index in [1.807, 2.05) is 0 Å². The molecule has 19 heavy (non-hydrogen) atoms. The highest BCUT2D eigenvalue weighted by Crippen LogP contribution is 2.26. The van der Waals surface area contributed by atoms with Crippen LogP contribution in [0.15, 0.2) is 0 Å². The number of carboxylic acid groups (broad SMARTS) is 1. The number of likely N-dealkylation sites (tertiary alicyclic amines) is 1. The Morgan fingerprint density at radius 3 is 2.47 bits per heavy atom. The zero-order chi connectivity index (χ0) is 13.8. The Balaban J connectivity index is 1.84. The molecule has 1 heterocycles. The van der Waals surface area contributed by atoms with Crippen LogP contribution in [0, 0.1) is 5.92 Å². The highest BCUT2D eigenvalue weighted by molar-refractivity contribution is 5.88. The van der Waals surface area contributed by atoms with Gasteiger partial charge in [0.15, 0.2) is 0 Å². The van der Waals surface area contributed by atoms with Crippen molar-refractivity contribution in [3.05, 3.63) is 0 Å². The van der Waals surface area contributed by atoms with E-state index in [-0.39, 0.29) is 30.6 Å². The van der Waals surface area contributed by atoms with E-state index in [0.29, 0.717) is 12.8 Å². The Labute approximate surface area is 113 Å². The van der Waals surface area contributed by atoms with Crippen molar-refractivity contribution in [3.8, 4) is 0 Å². The molecule has 1 aliphatic carbocycles. The number of nitrogens with zero attached hydrogens (tertiary/aromatic N) is 1. The van der Waals surface area contributed by atoms with Crippen molar-refractivity contribution in [3.63, 3.8) is 0 Å². The number of amides is 1. The van der Waals surface area contributed by atoms with Crippen LogP contribution in [0.1, 0.15) is 51.4 Å². The number of carbonyl (C=O) groups excluding carboxylic acids is 2. The van der Waals surface area contributed by atoms with Crippen LogP contribution >= 0.6 is 0 Å². The molecule has 1 atom stereocenters. The fourth-order valence-corrected chi connectivity index (χ4v) is 3.13. The molecule has 1 saturated heterocycles. The lowest BCUT2D eigenvalue weighted by atomic mass is 9.85.